The molecular weight excluding hydrogens is 216 g/mol. The molecule has 1 heterocycles. The summed E-state index contributed by atoms with van der Waals surface area (Å²) in [6, 6.07) is 2.50. The van der Waals surface area contributed by atoms with Gasteiger partial charge in [0.15, 0.2) is 0 Å². The van der Waals surface area contributed by atoms with Crippen LogP contribution in [0.1, 0.15) is 39.5 Å². The van der Waals surface area contributed by atoms with E-state index >= 15 is 0 Å². The SMILES string of the molecule is CSC1(C#N)CCN(CCCC(C)C)CC1. The van der Waals surface area contributed by atoms with Crippen molar-refractivity contribution in [1.29, 1.82) is 5.26 Å². The third kappa shape index (κ3) is 3.99. The van der Waals surface area contributed by atoms with Crippen molar-refractivity contribution in [2.45, 2.75) is 44.3 Å². The number of rotatable bonds is 5. The summed E-state index contributed by atoms with van der Waals surface area (Å²) >= 11 is 1.74. The Bertz CT molecular complexity index is 237. The molecule has 0 aromatic carbocycles. The predicted molar refractivity (Wildman–Crippen MR) is 71.6 cm³/mol. The molecule has 16 heavy (non-hydrogen) atoms. The Hall–Kier alpha value is -0.200. The van der Waals surface area contributed by atoms with Crippen LogP contribution in [-0.4, -0.2) is 35.5 Å². The monoisotopic (exact) mass is 240 g/mol. The Morgan fingerprint density at radius 2 is 2.00 bits per heavy atom. The van der Waals surface area contributed by atoms with Gasteiger partial charge >= 0.3 is 0 Å². The zero-order chi connectivity index (χ0) is 12.0. The van der Waals surface area contributed by atoms with Crippen LogP contribution in [0.2, 0.25) is 0 Å². The van der Waals surface area contributed by atoms with Crippen molar-refractivity contribution in [3.05, 3.63) is 0 Å². The van der Waals surface area contributed by atoms with Gasteiger partial charge in [-0.3, -0.25) is 0 Å². The van der Waals surface area contributed by atoms with Crippen LogP contribution in [-0.2, 0) is 0 Å². The Balaban J connectivity index is 2.24. The van der Waals surface area contributed by atoms with E-state index in [4.69, 9.17) is 0 Å². The predicted octanol–water partition coefficient (Wildman–Crippen LogP) is 3.14. The topological polar surface area (TPSA) is 27.0 Å². The first-order valence-electron chi connectivity index (χ1n) is 6.30. The normalized spacial score (nSPS) is 20.9. The molecule has 0 spiro atoms. The van der Waals surface area contributed by atoms with Gasteiger partial charge in [-0.15, -0.1) is 11.8 Å². The minimum atomic E-state index is -0.0887. The third-order valence-corrected chi connectivity index (χ3v) is 4.80. The van der Waals surface area contributed by atoms with Crippen molar-refractivity contribution in [3.63, 3.8) is 0 Å². The molecule has 0 radical (unpaired) electrons. The molecule has 1 aliphatic rings. The number of nitrogens with zero attached hydrogens (tertiary/aromatic N) is 2. The second-order valence-electron chi connectivity index (χ2n) is 5.19. The van der Waals surface area contributed by atoms with Crippen molar-refractivity contribution in [1.82, 2.24) is 4.90 Å². The van der Waals surface area contributed by atoms with Gasteiger partial charge in [-0.05, 0) is 44.4 Å². The second-order valence-corrected chi connectivity index (χ2v) is 6.38. The summed E-state index contributed by atoms with van der Waals surface area (Å²) in [7, 11) is 0. The first-order chi connectivity index (χ1) is 7.62. The highest BCUT2D eigenvalue weighted by Gasteiger charge is 2.33. The van der Waals surface area contributed by atoms with Gasteiger partial charge in [-0.1, -0.05) is 13.8 Å². The van der Waals surface area contributed by atoms with Gasteiger partial charge in [-0.2, -0.15) is 5.26 Å². The summed E-state index contributed by atoms with van der Waals surface area (Å²) < 4.78 is -0.0887. The Morgan fingerprint density at radius 3 is 2.44 bits per heavy atom. The first kappa shape index (κ1) is 13.9. The first-order valence-corrected chi connectivity index (χ1v) is 7.53. The molecule has 0 amide bonds. The standard InChI is InChI=1S/C13H24N2S/c1-12(2)5-4-8-15-9-6-13(11-14,16-3)7-10-15/h12H,4-10H2,1-3H3. The molecular formula is C13H24N2S. The Morgan fingerprint density at radius 1 is 1.38 bits per heavy atom. The van der Waals surface area contributed by atoms with Crippen molar-refractivity contribution < 1.29 is 0 Å². The zero-order valence-electron chi connectivity index (χ0n) is 10.8. The minimum absolute atomic E-state index is 0.0887. The van der Waals surface area contributed by atoms with Crippen molar-refractivity contribution in [2.75, 3.05) is 25.9 Å². The van der Waals surface area contributed by atoms with Crippen LogP contribution in [0.3, 0.4) is 0 Å². The summed E-state index contributed by atoms with van der Waals surface area (Å²) in [5.74, 6) is 0.814. The molecule has 0 aromatic heterocycles. The molecule has 0 saturated carbocycles. The van der Waals surface area contributed by atoms with E-state index in [2.05, 4.69) is 31.1 Å². The molecule has 0 unspecified atom stereocenters. The van der Waals surface area contributed by atoms with Crippen LogP contribution in [0.25, 0.3) is 0 Å². The van der Waals surface area contributed by atoms with Gasteiger partial charge in [0.25, 0.3) is 0 Å². The maximum absolute atomic E-state index is 9.19. The van der Waals surface area contributed by atoms with Gasteiger partial charge in [-0.25, -0.2) is 0 Å². The summed E-state index contributed by atoms with van der Waals surface area (Å²) in [5.41, 5.74) is 0. The lowest BCUT2D eigenvalue weighted by atomic mass is 9.97. The number of likely N-dealkylation sites (tertiary alicyclic amines) is 1. The molecule has 0 N–H and O–H groups in total. The molecule has 1 saturated heterocycles. The average Bonchev–Trinajstić information content (AvgIpc) is 2.30. The van der Waals surface area contributed by atoms with E-state index < -0.39 is 0 Å². The Kier molecular flexibility index (Phi) is 5.64. The molecule has 1 fully saturated rings. The zero-order valence-corrected chi connectivity index (χ0v) is 11.6. The van der Waals surface area contributed by atoms with E-state index in [1.54, 1.807) is 11.8 Å². The largest absolute Gasteiger partial charge is 0.303 e. The number of hydrogen-bond donors (Lipinski definition) is 0. The van der Waals surface area contributed by atoms with Crippen molar-refractivity contribution in [3.8, 4) is 6.07 Å². The van der Waals surface area contributed by atoms with Crippen LogP contribution in [0.4, 0.5) is 0 Å². The summed E-state index contributed by atoms with van der Waals surface area (Å²) in [6.45, 7) is 7.99. The summed E-state index contributed by atoms with van der Waals surface area (Å²) in [6.07, 6.45) is 6.76. The van der Waals surface area contributed by atoms with Crippen LogP contribution in [0, 0.1) is 17.2 Å². The number of thioether (sulfide) groups is 1. The molecule has 0 atom stereocenters. The number of piperidine rings is 1. The van der Waals surface area contributed by atoms with Crippen molar-refractivity contribution >= 4 is 11.8 Å². The van der Waals surface area contributed by atoms with Crippen LogP contribution in [0.5, 0.6) is 0 Å². The van der Waals surface area contributed by atoms with Crippen LogP contribution >= 0.6 is 11.8 Å². The van der Waals surface area contributed by atoms with Crippen molar-refractivity contribution in [2.24, 2.45) is 5.92 Å². The molecule has 0 bridgehead atoms. The van der Waals surface area contributed by atoms with Gasteiger partial charge in [0, 0.05) is 13.1 Å². The van der Waals surface area contributed by atoms with Gasteiger partial charge in [0.1, 0.15) is 4.75 Å². The fraction of sp³-hybridized carbons (Fsp3) is 0.923. The van der Waals surface area contributed by atoms with E-state index in [9.17, 15) is 5.26 Å². The van der Waals surface area contributed by atoms with Gasteiger partial charge in [0.2, 0.25) is 0 Å². The average molecular weight is 240 g/mol. The quantitative estimate of drug-likeness (QED) is 0.738. The Labute approximate surface area is 104 Å². The van der Waals surface area contributed by atoms with Crippen LogP contribution < -0.4 is 0 Å². The fourth-order valence-corrected chi connectivity index (χ4v) is 2.90. The molecule has 3 heteroatoms. The van der Waals surface area contributed by atoms with E-state index in [0.717, 1.165) is 31.8 Å². The highest BCUT2D eigenvalue weighted by Crippen LogP contribution is 2.33. The van der Waals surface area contributed by atoms with Crippen LogP contribution in [0.15, 0.2) is 0 Å². The third-order valence-electron chi connectivity index (χ3n) is 3.51. The molecule has 1 rings (SSSR count). The smallest absolute Gasteiger partial charge is 0.104 e. The van der Waals surface area contributed by atoms with Gasteiger partial charge in [0.05, 0.1) is 6.07 Å². The maximum atomic E-state index is 9.19. The highest BCUT2D eigenvalue weighted by molar-refractivity contribution is 8.00. The lowest BCUT2D eigenvalue weighted by molar-refractivity contribution is 0.210. The lowest BCUT2D eigenvalue weighted by Gasteiger charge is -2.36. The molecule has 2 nitrogen and oxygen atoms in total. The molecule has 0 aliphatic carbocycles. The minimum Gasteiger partial charge on any atom is -0.303 e. The summed E-state index contributed by atoms with van der Waals surface area (Å²) in [5, 5.41) is 9.19. The number of hydrogen-bond acceptors (Lipinski definition) is 3. The van der Waals surface area contributed by atoms with E-state index in [1.165, 1.54) is 19.4 Å². The molecule has 92 valence electrons. The fourth-order valence-electron chi connectivity index (χ4n) is 2.22. The summed E-state index contributed by atoms with van der Waals surface area (Å²) in [4.78, 5) is 2.52. The maximum Gasteiger partial charge on any atom is 0.104 e. The highest BCUT2D eigenvalue weighted by atomic mass is 32.2. The second kappa shape index (κ2) is 6.51. The van der Waals surface area contributed by atoms with E-state index in [0.29, 0.717) is 0 Å². The molecule has 0 aromatic rings. The lowest BCUT2D eigenvalue weighted by Crippen LogP contribution is -2.41. The van der Waals surface area contributed by atoms with E-state index in [-0.39, 0.29) is 4.75 Å². The van der Waals surface area contributed by atoms with Gasteiger partial charge < -0.3 is 4.90 Å². The molecule has 1 aliphatic heterocycles. The van der Waals surface area contributed by atoms with E-state index in [1.807, 2.05) is 0 Å². The number of nitriles is 1.